The van der Waals surface area contributed by atoms with Crippen molar-refractivity contribution in [3.63, 3.8) is 0 Å². The Kier molecular flexibility index (Phi) is 4.04. The van der Waals surface area contributed by atoms with E-state index in [9.17, 15) is 9.90 Å². The van der Waals surface area contributed by atoms with Crippen molar-refractivity contribution in [2.24, 2.45) is 5.92 Å². The molecule has 3 aliphatic rings. The molecular formula is C16H28N2O2. The van der Waals surface area contributed by atoms with Crippen LogP contribution >= 0.6 is 0 Å². The highest BCUT2D eigenvalue weighted by molar-refractivity contribution is 5.80. The summed E-state index contributed by atoms with van der Waals surface area (Å²) < 4.78 is 0. The van der Waals surface area contributed by atoms with E-state index in [0.29, 0.717) is 24.5 Å². The summed E-state index contributed by atoms with van der Waals surface area (Å²) in [5, 5.41) is 13.4. The molecule has 0 spiro atoms. The quantitative estimate of drug-likeness (QED) is 0.644. The predicted octanol–water partition coefficient (Wildman–Crippen LogP) is 2.24. The van der Waals surface area contributed by atoms with Crippen LogP contribution in [0.2, 0.25) is 0 Å². The Hall–Kier alpha value is -0.610. The summed E-state index contributed by atoms with van der Waals surface area (Å²) in [4.78, 5) is 14.5. The molecule has 0 saturated heterocycles. The predicted molar refractivity (Wildman–Crippen MR) is 78.8 cm³/mol. The van der Waals surface area contributed by atoms with Crippen LogP contribution in [0.25, 0.3) is 0 Å². The minimum atomic E-state index is -0.669. The van der Waals surface area contributed by atoms with Crippen molar-refractivity contribution in [1.29, 1.82) is 0 Å². The highest BCUT2D eigenvalue weighted by Crippen LogP contribution is 2.43. The lowest BCUT2D eigenvalue weighted by molar-refractivity contribution is -0.147. The third-order valence-corrected chi connectivity index (χ3v) is 5.01. The van der Waals surface area contributed by atoms with Gasteiger partial charge < -0.3 is 5.11 Å². The summed E-state index contributed by atoms with van der Waals surface area (Å²) in [6.45, 7) is 3.99. The summed E-state index contributed by atoms with van der Waals surface area (Å²) in [6, 6.07) is 1.11. The SMILES string of the molecule is CCCCN(CC(NC1CC1)(C(=O)O)C1CC1)C1CC1. The van der Waals surface area contributed by atoms with Crippen molar-refractivity contribution in [2.75, 3.05) is 13.1 Å². The molecule has 1 unspecified atom stereocenters. The molecule has 0 aromatic carbocycles. The maximum Gasteiger partial charge on any atom is 0.325 e. The van der Waals surface area contributed by atoms with E-state index in [0.717, 1.165) is 32.2 Å². The van der Waals surface area contributed by atoms with Gasteiger partial charge in [0.25, 0.3) is 0 Å². The van der Waals surface area contributed by atoms with E-state index in [2.05, 4.69) is 17.1 Å². The molecule has 0 aromatic rings. The van der Waals surface area contributed by atoms with Gasteiger partial charge in [0.1, 0.15) is 5.54 Å². The molecule has 3 fully saturated rings. The standard InChI is InChI=1S/C16H28N2O2/c1-2-3-10-18(14-8-9-14)11-16(15(19)20,12-4-5-12)17-13-6-7-13/h12-14,17H,2-11H2,1H3,(H,19,20). The molecule has 0 aliphatic heterocycles. The number of nitrogens with zero attached hydrogens (tertiary/aromatic N) is 1. The van der Waals surface area contributed by atoms with Crippen LogP contribution in [0, 0.1) is 5.92 Å². The Bertz CT molecular complexity index is 361. The Morgan fingerprint density at radius 2 is 1.95 bits per heavy atom. The van der Waals surface area contributed by atoms with Gasteiger partial charge in [-0.05, 0) is 57.4 Å². The summed E-state index contributed by atoms with van der Waals surface area (Å²) in [5.41, 5.74) is -0.669. The number of hydrogen-bond donors (Lipinski definition) is 2. The van der Waals surface area contributed by atoms with Crippen LogP contribution < -0.4 is 5.32 Å². The van der Waals surface area contributed by atoms with Gasteiger partial charge in [-0.25, -0.2) is 0 Å². The van der Waals surface area contributed by atoms with E-state index in [-0.39, 0.29) is 0 Å². The van der Waals surface area contributed by atoms with Crippen LogP contribution in [0.15, 0.2) is 0 Å². The van der Waals surface area contributed by atoms with E-state index >= 15 is 0 Å². The zero-order valence-corrected chi connectivity index (χ0v) is 12.6. The minimum absolute atomic E-state index is 0.350. The van der Waals surface area contributed by atoms with Crippen molar-refractivity contribution in [3.8, 4) is 0 Å². The molecule has 1 atom stereocenters. The zero-order valence-electron chi connectivity index (χ0n) is 12.6. The van der Waals surface area contributed by atoms with E-state index in [1.807, 2.05) is 0 Å². The number of carboxylic acids is 1. The maximum atomic E-state index is 12.0. The smallest absolute Gasteiger partial charge is 0.325 e. The van der Waals surface area contributed by atoms with Crippen molar-refractivity contribution in [3.05, 3.63) is 0 Å². The maximum absolute atomic E-state index is 12.0. The molecule has 114 valence electrons. The molecule has 0 heterocycles. The largest absolute Gasteiger partial charge is 0.480 e. The minimum Gasteiger partial charge on any atom is -0.480 e. The molecule has 3 rings (SSSR count). The van der Waals surface area contributed by atoms with Crippen LogP contribution in [-0.4, -0.2) is 46.7 Å². The molecule has 3 aliphatic carbocycles. The van der Waals surface area contributed by atoms with Crippen LogP contribution in [0.1, 0.15) is 58.3 Å². The monoisotopic (exact) mass is 280 g/mol. The molecule has 2 N–H and O–H groups in total. The van der Waals surface area contributed by atoms with Crippen LogP contribution in [0.4, 0.5) is 0 Å². The molecule has 4 nitrogen and oxygen atoms in total. The number of aliphatic carboxylic acids is 1. The molecule has 0 aromatic heterocycles. The first-order valence-electron chi connectivity index (χ1n) is 8.41. The first-order chi connectivity index (χ1) is 9.65. The van der Waals surface area contributed by atoms with E-state index in [1.165, 1.54) is 25.7 Å². The number of nitrogens with one attached hydrogen (secondary N) is 1. The normalized spacial score (nSPS) is 25.7. The fourth-order valence-electron chi connectivity index (χ4n) is 3.28. The van der Waals surface area contributed by atoms with Gasteiger partial charge in [0.15, 0.2) is 0 Å². The average molecular weight is 280 g/mol. The number of rotatable bonds is 10. The lowest BCUT2D eigenvalue weighted by Gasteiger charge is -2.36. The second kappa shape index (κ2) is 5.64. The first kappa shape index (κ1) is 14.3. The molecule has 4 heteroatoms. The Morgan fingerprint density at radius 3 is 2.40 bits per heavy atom. The fourth-order valence-corrected chi connectivity index (χ4v) is 3.28. The lowest BCUT2D eigenvalue weighted by atomic mass is 9.91. The van der Waals surface area contributed by atoms with Crippen molar-refractivity contribution in [1.82, 2.24) is 10.2 Å². The van der Waals surface area contributed by atoms with E-state index in [1.54, 1.807) is 0 Å². The van der Waals surface area contributed by atoms with Gasteiger partial charge in [-0.1, -0.05) is 13.3 Å². The zero-order chi connectivity index (χ0) is 14.2. The average Bonchev–Trinajstić information content (AvgIpc) is 3.29. The number of unbranched alkanes of at least 4 members (excludes halogenated alkanes) is 1. The summed E-state index contributed by atoms with van der Waals surface area (Å²) in [5.74, 6) is -0.266. The number of hydrogen-bond acceptors (Lipinski definition) is 3. The Balaban J connectivity index is 1.71. The van der Waals surface area contributed by atoms with Gasteiger partial charge in [0, 0.05) is 18.6 Å². The first-order valence-corrected chi connectivity index (χ1v) is 8.41. The molecule has 0 bridgehead atoms. The fraction of sp³-hybridized carbons (Fsp3) is 0.938. The Labute approximate surface area is 121 Å². The van der Waals surface area contributed by atoms with Gasteiger partial charge in [-0.2, -0.15) is 0 Å². The van der Waals surface area contributed by atoms with Crippen molar-refractivity contribution in [2.45, 2.75) is 75.9 Å². The van der Waals surface area contributed by atoms with Gasteiger partial charge in [0.05, 0.1) is 0 Å². The van der Waals surface area contributed by atoms with Crippen molar-refractivity contribution >= 4 is 5.97 Å². The topological polar surface area (TPSA) is 52.6 Å². The van der Waals surface area contributed by atoms with E-state index in [4.69, 9.17) is 0 Å². The lowest BCUT2D eigenvalue weighted by Crippen LogP contribution is -2.61. The molecule has 0 radical (unpaired) electrons. The van der Waals surface area contributed by atoms with Crippen LogP contribution in [-0.2, 0) is 4.79 Å². The highest BCUT2D eigenvalue weighted by Gasteiger charge is 2.54. The molecule has 0 amide bonds. The van der Waals surface area contributed by atoms with Gasteiger partial charge in [0.2, 0.25) is 0 Å². The van der Waals surface area contributed by atoms with Gasteiger partial charge in [-0.15, -0.1) is 0 Å². The number of carboxylic acid groups (broad SMARTS) is 1. The van der Waals surface area contributed by atoms with Crippen LogP contribution in [0.3, 0.4) is 0 Å². The van der Waals surface area contributed by atoms with Gasteiger partial charge in [-0.3, -0.25) is 15.0 Å². The second-order valence-corrected chi connectivity index (χ2v) is 7.02. The number of carbonyl (C=O) groups is 1. The molecule has 20 heavy (non-hydrogen) atoms. The summed E-state index contributed by atoms with van der Waals surface area (Å²) in [6.07, 6.45) is 9.35. The molecule has 3 saturated carbocycles. The van der Waals surface area contributed by atoms with E-state index < -0.39 is 11.5 Å². The summed E-state index contributed by atoms with van der Waals surface area (Å²) >= 11 is 0. The molecular weight excluding hydrogens is 252 g/mol. The Morgan fingerprint density at radius 1 is 1.25 bits per heavy atom. The van der Waals surface area contributed by atoms with Gasteiger partial charge >= 0.3 is 5.97 Å². The third kappa shape index (κ3) is 3.17. The second-order valence-electron chi connectivity index (χ2n) is 7.02. The van der Waals surface area contributed by atoms with Crippen molar-refractivity contribution < 1.29 is 9.90 Å². The summed E-state index contributed by atoms with van der Waals surface area (Å²) in [7, 11) is 0. The van der Waals surface area contributed by atoms with Crippen LogP contribution in [0.5, 0.6) is 0 Å². The highest BCUT2D eigenvalue weighted by atomic mass is 16.4. The third-order valence-electron chi connectivity index (χ3n) is 5.01.